The van der Waals surface area contributed by atoms with E-state index in [1.54, 1.807) is 0 Å². The molecule has 4 aromatic carbocycles. The number of hydrogen-bond donors (Lipinski definition) is 0. The van der Waals surface area contributed by atoms with Gasteiger partial charge < -0.3 is 0 Å². The fourth-order valence-corrected chi connectivity index (χ4v) is 10.6. The number of benzene rings is 4. The van der Waals surface area contributed by atoms with Crippen LogP contribution in [0.5, 0.6) is 0 Å². The van der Waals surface area contributed by atoms with Gasteiger partial charge in [0.15, 0.2) is 0 Å². The van der Waals surface area contributed by atoms with E-state index in [9.17, 15) is 0 Å². The molecule has 0 aromatic heterocycles. The molecule has 0 spiro atoms. The van der Waals surface area contributed by atoms with Crippen LogP contribution in [-0.2, 0) is 0 Å². The van der Waals surface area contributed by atoms with Crippen molar-refractivity contribution >= 4 is 35.9 Å². The molecule has 200 valence electrons. The molecular weight excluding hydrogens is 482 g/mol. The molecule has 6 heteroatoms. The van der Waals surface area contributed by atoms with Crippen LogP contribution in [0.4, 0.5) is 0 Å². The summed E-state index contributed by atoms with van der Waals surface area (Å²) in [5.74, 6) is 0. The molecule has 4 aromatic rings. The second-order valence-electron chi connectivity index (χ2n) is 10.4. The van der Waals surface area contributed by atoms with Gasteiger partial charge in [-0.1, -0.05) is 121 Å². The Morgan fingerprint density at radius 2 is 0.526 bits per heavy atom. The quantitative estimate of drug-likeness (QED) is 0.255. The lowest BCUT2D eigenvalue weighted by molar-refractivity contribution is 0.384. The predicted molar refractivity (Wildman–Crippen MR) is 172 cm³/mol. The van der Waals surface area contributed by atoms with Crippen molar-refractivity contribution in [2.75, 3.05) is 56.4 Å². The molecule has 4 nitrogen and oxygen atoms in total. The highest BCUT2D eigenvalue weighted by atomic mass is 31.2. The molecule has 0 amide bonds. The summed E-state index contributed by atoms with van der Waals surface area (Å²) in [5.41, 5.74) is 5.36. The predicted octanol–water partition coefficient (Wildman–Crippen LogP) is 3.97. The van der Waals surface area contributed by atoms with Gasteiger partial charge in [0.25, 0.3) is 0 Å². The second kappa shape index (κ2) is 13.3. The van der Waals surface area contributed by atoms with Crippen molar-refractivity contribution in [3.8, 4) is 0 Å². The minimum absolute atomic E-state index is 1.22. The zero-order chi connectivity index (χ0) is 27.8. The summed E-state index contributed by atoms with van der Waals surface area (Å²) in [6.45, 7) is 0. The third-order valence-corrected chi connectivity index (χ3v) is 11.6. The van der Waals surface area contributed by atoms with Gasteiger partial charge in [-0.2, -0.15) is 21.9 Å². The van der Waals surface area contributed by atoms with Crippen molar-refractivity contribution < 1.29 is 0 Å². The molecule has 4 rings (SSSR count). The van der Waals surface area contributed by atoms with E-state index < -0.39 is 14.0 Å². The maximum absolute atomic E-state index is 2.30. The number of hydrogen-bond acceptors (Lipinski definition) is 4. The van der Waals surface area contributed by atoms with Crippen LogP contribution in [0.1, 0.15) is 0 Å². The van der Waals surface area contributed by atoms with Crippen molar-refractivity contribution in [1.29, 1.82) is 0 Å². The summed E-state index contributed by atoms with van der Waals surface area (Å²) in [4.78, 5) is 0. The van der Waals surface area contributed by atoms with Crippen LogP contribution < -0.4 is 21.9 Å². The molecule has 0 aliphatic rings. The van der Waals surface area contributed by atoms with Crippen molar-refractivity contribution in [2.45, 2.75) is 0 Å². The Morgan fingerprint density at radius 1 is 0.342 bits per heavy atom. The zero-order valence-electron chi connectivity index (χ0n) is 24.4. The van der Waals surface area contributed by atoms with Crippen LogP contribution in [0, 0.1) is 0 Å². The maximum atomic E-state index is 2.30. The summed E-state index contributed by atoms with van der Waals surface area (Å²) < 4.78 is 9.19. The largest absolute Gasteiger partial charge is 0.306 e. The molecule has 0 fully saturated rings. The van der Waals surface area contributed by atoms with Crippen LogP contribution in [-0.4, -0.2) is 81.2 Å². The molecule has 0 atom stereocenters. The number of nitrogens with zero attached hydrogens (tertiary/aromatic N) is 4. The lowest BCUT2D eigenvalue weighted by atomic mass is 9.13. The highest BCUT2D eigenvalue weighted by Crippen LogP contribution is 2.64. The van der Waals surface area contributed by atoms with E-state index >= 15 is 0 Å². The maximum Gasteiger partial charge on any atom is 0.306 e. The molecule has 0 aliphatic carbocycles. The van der Waals surface area contributed by atoms with E-state index in [0.29, 0.717) is 0 Å². The molecule has 38 heavy (non-hydrogen) atoms. The lowest BCUT2D eigenvalue weighted by Gasteiger charge is -2.44. The van der Waals surface area contributed by atoms with Crippen LogP contribution in [0.15, 0.2) is 121 Å². The van der Waals surface area contributed by atoms with Crippen molar-refractivity contribution in [3.05, 3.63) is 121 Å². The molecular formula is C32H44BN4P. The van der Waals surface area contributed by atoms with Crippen LogP contribution in [0.25, 0.3) is 0 Å². The standard InChI is InChI=1S/C24H20B.C8H24N4P/c1-5-13-21(14-6-1)25(22-15-7-2-8-16-22,23-17-9-3-10-18-23)24-19-11-4-12-20-24;1-9(2)13(10(3)4,11(5)6)12(7)8/h1-20H;1-8H3/q-1;+1. The average molecular weight is 527 g/mol. The molecule has 0 saturated heterocycles. The van der Waals surface area contributed by atoms with E-state index in [2.05, 4.69) is 196 Å². The Hall–Kier alpha value is -2.79. The summed E-state index contributed by atoms with van der Waals surface area (Å²) in [6.07, 6.45) is -1.22. The first kappa shape index (κ1) is 29.8. The van der Waals surface area contributed by atoms with E-state index in [1.165, 1.54) is 21.9 Å². The van der Waals surface area contributed by atoms with E-state index in [4.69, 9.17) is 0 Å². The van der Waals surface area contributed by atoms with Crippen molar-refractivity contribution in [1.82, 2.24) is 18.7 Å². The first-order valence-corrected chi connectivity index (χ1v) is 14.8. The Morgan fingerprint density at radius 3 is 0.658 bits per heavy atom. The van der Waals surface area contributed by atoms with Gasteiger partial charge in [-0.05, 0) is 0 Å². The topological polar surface area (TPSA) is 13.0 Å². The Bertz CT molecular complexity index is 1020. The van der Waals surface area contributed by atoms with E-state index in [-0.39, 0.29) is 0 Å². The van der Waals surface area contributed by atoms with Crippen LogP contribution >= 0.6 is 7.87 Å². The fraction of sp³-hybridized carbons (Fsp3) is 0.250. The van der Waals surface area contributed by atoms with Gasteiger partial charge in [0.1, 0.15) is 6.15 Å². The summed E-state index contributed by atoms with van der Waals surface area (Å²) >= 11 is 0. The van der Waals surface area contributed by atoms with Gasteiger partial charge in [0.2, 0.25) is 0 Å². The van der Waals surface area contributed by atoms with E-state index in [0.717, 1.165) is 0 Å². The van der Waals surface area contributed by atoms with Crippen LogP contribution in [0.3, 0.4) is 0 Å². The van der Waals surface area contributed by atoms with Gasteiger partial charge in [-0.3, -0.25) is 0 Å². The van der Waals surface area contributed by atoms with Gasteiger partial charge in [-0.15, -0.1) is 18.7 Å². The van der Waals surface area contributed by atoms with Crippen molar-refractivity contribution in [3.63, 3.8) is 0 Å². The van der Waals surface area contributed by atoms with Gasteiger partial charge >= 0.3 is 7.87 Å². The van der Waals surface area contributed by atoms with Crippen LogP contribution in [0.2, 0.25) is 0 Å². The average Bonchev–Trinajstić information content (AvgIpc) is 2.91. The third-order valence-electron chi connectivity index (χ3n) is 7.34. The monoisotopic (exact) mass is 526 g/mol. The summed E-state index contributed by atoms with van der Waals surface area (Å²) in [6, 6.07) is 43.5. The van der Waals surface area contributed by atoms with Crippen molar-refractivity contribution in [2.24, 2.45) is 0 Å². The normalized spacial score (nSPS) is 12.1. The zero-order valence-corrected chi connectivity index (χ0v) is 25.3. The molecule has 0 heterocycles. The molecule has 0 N–H and O–H groups in total. The number of rotatable bonds is 8. The molecule has 0 saturated carbocycles. The lowest BCUT2D eigenvalue weighted by Crippen LogP contribution is -2.74. The molecule has 0 aliphatic heterocycles. The van der Waals surface area contributed by atoms with Gasteiger partial charge in [-0.25, -0.2) is 0 Å². The Labute approximate surface area is 232 Å². The van der Waals surface area contributed by atoms with Gasteiger partial charge in [0.05, 0.1) is 0 Å². The Kier molecular flexibility index (Phi) is 10.4. The fourth-order valence-electron chi connectivity index (χ4n) is 6.27. The highest BCUT2D eigenvalue weighted by molar-refractivity contribution is 7.66. The first-order valence-electron chi connectivity index (χ1n) is 13.2. The minimum atomic E-state index is -1.45. The second-order valence-corrected chi connectivity index (χ2v) is 14.7. The third kappa shape index (κ3) is 5.78. The Balaban J connectivity index is 0.000000263. The molecule has 0 bridgehead atoms. The SMILES string of the molecule is CN(C)[P+](N(C)C)(N(C)C)N(C)C.c1ccc([B-](c2ccccc2)(c2ccccc2)c2ccccc2)cc1. The first-order chi connectivity index (χ1) is 18.2. The summed E-state index contributed by atoms with van der Waals surface area (Å²) in [5, 5.41) is 0. The minimum Gasteiger partial charge on any atom is -0.195 e. The molecule has 0 radical (unpaired) electrons. The summed E-state index contributed by atoms with van der Waals surface area (Å²) in [7, 11) is 15.6. The molecule has 0 unspecified atom stereocenters. The van der Waals surface area contributed by atoms with E-state index in [1.807, 2.05) is 0 Å². The van der Waals surface area contributed by atoms with Gasteiger partial charge in [0, 0.05) is 56.4 Å². The smallest absolute Gasteiger partial charge is 0.195 e. The highest BCUT2D eigenvalue weighted by Gasteiger charge is 2.50.